The topological polar surface area (TPSA) is 92.3 Å². The van der Waals surface area contributed by atoms with E-state index in [0.717, 1.165) is 16.7 Å². The first kappa shape index (κ1) is 21.4. The number of rotatable bonds is 6. The van der Waals surface area contributed by atoms with Crippen LogP contribution in [0.5, 0.6) is 11.5 Å². The molecule has 35 heavy (non-hydrogen) atoms. The van der Waals surface area contributed by atoms with E-state index in [1.165, 1.54) is 11.8 Å². The van der Waals surface area contributed by atoms with Crippen LogP contribution in [0, 0.1) is 6.92 Å². The van der Waals surface area contributed by atoms with Crippen LogP contribution in [0.4, 0.5) is 0 Å². The number of nitrogens with zero attached hydrogens (tertiary/aromatic N) is 4. The molecule has 0 saturated heterocycles. The van der Waals surface area contributed by atoms with Gasteiger partial charge in [-0.1, -0.05) is 71.5 Å². The maximum absolute atomic E-state index is 13.6. The molecule has 1 aliphatic heterocycles. The molecule has 1 aliphatic rings. The number of thioether (sulfide) groups is 1. The van der Waals surface area contributed by atoms with Crippen LogP contribution >= 0.6 is 11.8 Å². The molecule has 0 fully saturated rings. The Bertz CT molecular complexity index is 1600. The summed E-state index contributed by atoms with van der Waals surface area (Å²) in [5.74, 6) is 2.51. The van der Waals surface area contributed by atoms with Gasteiger partial charge in [0.15, 0.2) is 16.7 Å². The second kappa shape index (κ2) is 8.92. The molecule has 0 bridgehead atoms. The standard InChI is InChI=1S/C26H20N4O4S/c1-16-7-5-6-10-18(16)24-28-23(34-29-24)14-35-26-27-20-12-22-21(32-15-33-22)11-19(20)25(31)30(26)13-17-8-3-2-4-9-17/h2-12H,13-15H2,1H3. The van der Waals surface area contributed by atoms with Crippen LogP contribution in [-0.2, 0) is 12.3 Å². The van der Waals surface area contributed by atoms with Crippen LogP contribution in [-0.4, -0.2) is 26.5 Å². The van der Waals surface area contributed by atoms with Gasteiger partial charge in [-0.25, -0.2) is 4.98 Å². The summed E-state index contributed by atoms with van der Waals surface area (Å²) in [6.07, 6.45) is 0. The smallest absolute Gasteiger partial charge is 0.262 e. The third-order valence-electron chi connectivity index (χ3n) is 5.78. The highest BCUT2D eigenvalue weighted by molar-refractivity contribution is 7.98. The van der Waals surface area contributed by atoms with Crippen molar-refractivity contribution in [2.75, 3.05) is 6.79 Å². The molecule has 2 aromatic heterocycles. The van der Waals surface area contributed by atoms with Gasteiger partial charge in [0, 0.05) is 11.6 Å². The Morgan fingerprint density at radius 1 is 0.971 bits per heavy atom. The number of benzene rings is 3. The average molecular weight is 485 g/mol. The number of aromatic nitrogens is 4. The normalized spacial score (nSPS) is 12.4. The van der Waals surface area contributed by atoms with Gasteiger partial charge >= 0.3 is 0 Å². The highest BCUT2D eigenvalue weighted by atomic mass is 32.2. The predicted octanol–water partition coefficient (Wildman–Crippen LogP) is 4.82. The zero-order valence-corrected chi connectivity index (χ0v) is 19.6. The van der Waals surface area contributed by atoms with Crippen molar-refractivity contribution in [1.82, 2.24) is 19.7 Å². The van der Waals surface area contributed by atoms with Crippen molar-refractivity contribution in [2.45, 2.75) is 24.4 Å². The van der Waals surface area contributed by atoms with Crippen molar-refractivity contribution in [3.63, 3.8) is 0 Å². The first-order valence-corrected chi connectivity index (χ1v) is 12.0. The van der Waals surface area contributed by atoms with Gasteiger partial charge in [-0.15, -0.1) is 0 Å². The summed E-state index contributed by atoms with van der Waals surface area (Å²) in [7, 11) is 0. The van der Waals surface area contributed by atoms with Gasteiger partial charge in [-0.2, -0.15) is 4.98 Å². The maximum atomic E-state index is 13.6. The summed E-state index contributed by atoms with van der Waals surface area (Å²) >= 11 is 1.38. The molecule has 3 aromatic carbocycles. The van der Waals surface area contributed by atoms with Crippen LogP contribution in [0.2, 0.25) is 0 Å². The summed E-state index contributed by atoms with van der Waals surface area (Å²) < 4.78 is 18.1. The fourth-order valence-corrected chi connectivity index (χ4v) is 4.82. The van der Waals surface area contributed by atoms with Gasteiger partial charge in [0.05, 0.1) is 23.2 Å². The van der Waals surface area contributed by atoms with Crippen molar-refractivity contribution in [1.29, 1.82) is 0 Å². The van der Waals surface area contributed by atoms with E-state index in [4.69, 9.17) is 19.0 Å². The summed E-state index contributed by atoms with van der Waals surface area (Å²) in [5.41, 5.74) is 3.40. The first-order chi connectivity index (χ1) is 17.2. The highest BCUT2D eigenvalue weighted by Gasteiger charge is 2.20. The summed E-state index contributed by atoms with van der Waals surface area (Å²) in [6, 6.07) is 21.2. The average Bonchev–Trinajstić information content (AvgIpc) is 3.54. The summed E-state index contributed by atoms with van der Waals surface area (Å²) in [6.45, 7) is 2.52. The predicted molar refractivity (Wildman–Crippen MR) is 132 cm³/mol. The highest BCUT2D eigenvalue weighted by Crippen LogP contribution is 2.35. The van der Waals surface area contributed by atoms with E-state index < -0.39 is 0 Å². The summed E-state index contributed by atoms with van der Waals surface area (Å²) in [4.78, 5) is 22.9. The first-order valence-electron chi connectivity index (χ1n) is 11.1. The van der Waals surface area contributed by atoms with Gasteiger partial charge < -0.3 is 14.0 Å². The zero-order chi connectivity index (χ0) is 23.8. The van der Waals surface area contributed by atoms with E-state index in [1.807, 2.05) is 61.5 Å². The number of hydrogen-bond donors (Lipinski definition) is 0. The lowest BCUT2D eigenvalue weighted by atomic mass is 10.1. The Morgan fingerprint density at radius 2 is 1.74 bits per heavy atom. The van der Waals surface area contributed by atoms with Gasteiger partial charge in [-0.05, 0) is 24.1 Å². The Morgan fingerprint density at radius 3 is 2.57 bits per heavy atom. The lowest BCUT2D eigenvalue weighted by Crippen LogP contribution is -2.24. The van der Waals surface area contributed by atoms with Crippen molar-refractivity contribution >= 4 is 22.7 Å². The molecule has 0 saturated carbocycles. The zero-order valence-electron chi connectivity index (χ0n) is 18.8. The molecule has 5 aromatic rings. The third kappa shape index (κ3) is 4.15. The fraction of sp³-hybridized carbons (Fsp3) is 0.154. The molecule has 0 unspecified atom stereocenters. The minimum Gasteiger partial charge on any atom is -0.454 e. The van der Waals surface area contributed by atoms with Crippen molar-refractivity contribution in [2.24, 2.45) is 0 Å². The Hall–Kier alpha value is -4.11. The van der Waals surface area contributed by atoms with E-state index in [2.05, 4.69) is 10.1 Å². The lowest BCUT2D eigenvalue weighted by molar-refractivity contribution is 0.174. The molecule has 0 spiro atoms. The fourth-order valence-electron chi connectivity index (χ4n) is 3.98. The molecular formula is C26H20N4O4S. The number of fused-ring (bicyclic) bond motifs is 2. The minimum atomic E-state index is -0.147. The summed E-state index contributed by atoms with van der Waals surface area (Å²) in [5, 5.41) is 5.17. The Labute approximate surface area is 204 Å². The molecule has 0 N–H and O–H groups in total. The van der Waals surface area contributed by atoms with E-state index in [1.54, 1.807) is 16.7 Å². The van der Waals surface area contributed by atoms with Crippen LogP contribution in [0.3, 0.4) is 0 Å². The molecule has 8 nitrogen and oxygen atoms in total. The van der Waals surface area contributed by atoms with Crippen molar-refractivity contribution in [3.05, 3.63) is 94.1 Å². The molecule has 0 atom stereocenters. The third-order valence-corrected chi connectivity index (χ3v) is 6.74. The Balaban J connectivity index is 1.36. The quantitative estimate of drug-likeness (QED) is 0.250. The molecule has 0 amide bonds. The van der Waals surface area contributed by atoms with E-state index in [0.29, 0.717) is 51.6 Å². The van der Waals surface area contributed by atoms with Gasteiger partial charge in [0.2, 0.25) is 18.5 Å². The molecular weight excluding hydrogens is 464 g/mol. The lowest BCUT2D eigenvalue weighted by Gasteiger charge is -2.13. The van der Waals surface area contributed by atoms with Crippen LogP contribution in [0.1, 0.15) is 17.0 Å². The second-order valence-electron chi connectivity index (χ2n) is 8.11. The maximum Gasteiger partial charge on any atom is 0.262 e. The molecule has 3 heterocycles. The van der Waals surface area contributed by atoms with Crippen molar-refractivity contribution in [3.8, 4) is 22.9 Å². The van der Waals surface area contributed by atoms with Crippen LogP contribution in [0.15, 0.2) is 81.2 Å². The molecule has 174 valence electrons. The molecule has 0 aliphatic carbocycles. The van der Waals surface area contributed by atoms with Gasteiger partial charge in [0.25, 0.3) is 5.56 Å². The van der Waals surface area contributed by atoms with Crippen LogP contribution in [0.25, 0.3) is 22.3 Å². The van der Waals surface area contributed by atoms with Crippen molar-refractivity contribution < 1.29 is 14.0 Å². The number of hydrogen-bond acceptors (Lipinski definition) is 8. The minimum absolute atomic E-state index is 0.131. The molecule has 9 heteroatoms. The monoisotopic (exact) mass is 484 g/mol. The molecule has 0 radical (unpaired) electrons. The van der Waals surface area contributed by atoms with E-state index in [9.17, 15) is 4.79 Å². The largest absolute Gasteiger partial charge is 0.454 e. The van der Waals surface area contributed by atoms with Gasteiger partial charge in [-0.3, -0.25) is 9.36 Å². The molecule has 6 rings (SSSR count). The number of aryl methyl sites for hydroxylation is 1. The van der Waals surface area contributed by atoms with E-state index in [-0.39, 0.29) is 12.4 Å². The SMILES string of the molecule is Cc1ccccc1-c1noc(CSc2nc3cc4c(cc3c(=O)n2Cc2ccccc2)OCO4)n1. The van der Waals surface area contributed by atoms with Crippen LogP contribution < -0.4 is 15.0 Å². The Kier molecular flexibility index (Phi) is 5.46. The van der Waals surface area contributed by atoms with Gasteiger partial charge in [0.1, 0.15) is 0 Å². The second-order valence-corrected chi connectivity index (χ2v) is 9.05. The van der Waals surface area contributed by atoms with E-state index >= 15 is 0 Å². The number of ether oxygens (including phenoxy) is 2.